The van der Waals surface area contributed by atoms with Crippen molar-refractivity contribution < 1.29 is 9.59 Å². The van der Waals surface area contributed by atoms with Crippen LogP contribution in [0, 0.1) is 5.92 Å². The number of anilines is 1. The molecule has 1 N–H and O–H groups in total. The summed E-state index contributed by atoms with van der Waals surface area (Å²) >= 11 is 3.06. The highest BCUT2D eigenvalue weighted by atomic mass is 32.2. The van der Waals surface area contributed by atoms with Gasteiger partial charge in [0.05, 0.1) is 16.1 Å². The lowest BCUT2D eigenvalue weighted by Crippen LogP contribution is -2.42. The predicted octanol–water partition coefficient (Wildman–Crippen LogP) is 5.33. The first kappa shape index (κ1) is 22.6. The molecule has 0 saturated carbocycles. The summed E-state index contributed by atoms with van der Waals surface area (Å²) in [7, 11) is 0. The summed E-state index contributed by atoms with van der Waals surface area (Å²) < 4.78 is 0. The Bertz CT molecular complexity index is 1290. The Labute approximate surface area is 206 Å². The molecule has 5 rings (SSSR count). The Morgan fingerprint density at radius 1 is 0.971 bits per heavy atom. The lowest BCUT2D eigenvalue weighted by molar-refractivity contribution is -0.132. The summed E-state index contributed by atoms with van der Waals surface area (Å²) in [6.07, 6.45) is 1.35. The molecule has 34 heavy (non-hydrogen) atoms. The van der Waals surface area contributed by atoms with Crippen molar-refractivity contribution in [3.8, 4) is 10.7 Å². The molecule has 4 aromatic rings. The number of nitrogens with zero attached hydrogens (tertiary/aromatic N) is 3. The molecule has 0 unspecified atom stereocenters. The van der Waals surface area contributed by atoms with Gasteiger partial charge in [0.1, 0.15) is 5.03 Å². The highest BCUT2D eigenvalue weighted by molar-refractivity contribution is 8.00. The number of likely N-dealkylation sites (tertiary alicyclic amines) is 1. The van der Waals surface area contributed by atoms with E-state index in [0.29, 0.717) is 37.5 Å². The second kappa shape index (κ2) is 10.4. The molecule has 0 bridgehead atoms. The van der Waals surface area contributed by atoms with Gasteiger partial charge in [-0.2, -0.15) is 0 Å². The summed E-state index contributed by atoms with van der Waals surface area (Å²) in [5.74, 6) is 1.03. The summed E-state index contributed by atoms with van der Waals surface area (Å²) in [6, 6.07) is 21.4. The first-order valence-electron chi connectivity index (χ1n) is 11.2. The van der Waals surface area contributed by atoms with E-state index in [2.05, 4.69) is 5.32 Å². The number of hydrogen-bond donors (Lipinski definition) is 1. The zero-order chi connectivity index (χ0) is 23.3. The Morgan fingerprint density at radius 3 is 2.50 bits per heavy atom. The van der Waals surface area contributed by atoms with Gasteiger partial charge < -0.3 is 10.2 Å². The smallest absolute Gasteiger partial charge is 0.232 e. The fourth-order valence-electron chi connectivity index (χ4n) is 4.05. The standard InChI is InChI=1S/C26H24N4O2S2/c31-23(30-14-12-18(13-15-30)25(32)27-19-7-2-1-3-8-19)17-34-26-20-9-4-5-10-21(20)28-24(29-26)22-11-6-16-33-22/h1-11,16,18H,12-15,17H2,(H,27,32). The van der Waals surface area contributed by atoms with Gasteiger partial charge >= 0.3 is 0 Å². The van der Waals surface area contributed by atoms with Crippen LogP contribution >= 0.6 is 23.1 Å². The molecule has 1 aliphatic rings. The molecular weight excluding hydrogens is 464 g/mol. The number of carbonyl (C=O) groups is 2. The number of piperidine rings is 1. The molecule has 2 amide bonds. The number of benzene rings is 2. The number of amides is 2. The molecule has 2 aromatic heterocycles. The van der Waals surface area contributed by atoms with E-state index < -0.39 is 0 Å². The maximum Gasteiger partial charge on any atom is 0.232 e. The van der Waals surface area contributed by atoms with Gasteiger partial charge in [0.15, 0.2) is 5.82 Å². The van der Waals surface area contributed by atoms with E-state index in [-0.39, 0.29) is 17.7 Å². The Kier molecular flexibility index (Phi) is 6.87. The summed E-state index contributed by atoms with van der Waals surface area (Å²) in [6.45, 7) is 1.19. The van der Waals surface area contributed by atoms with Crippen LogP contribution in [-0.4, -0.2) is 45.5 Å². The summed E-state index contributed by atoms with van der Waals surface area (Å²) in [5, 5.41) is 6.76. The molecule has 2 aromatic carbocycles. The van der Waals surface area contributed by atoms with Crippen LogP contribution in [0.4, 0.5) is 5.69 Å². The summed E-state index contributed by atoms with van der Waals surface area (Å²) in [5.41, 5.74) is 1.68. The van der Waals surface area contributed by atoms with Crippen LogP contribution < -0.4 is 5.32 Å². The Balaban J connectivity index is 1.20. The number of hydrogen-bond acceptors (Lipinski definition) is 6. The molecule has 3 heterocycles. The lowest BCUT2D eigenvalue weighted by Gasteiger charge is -2.31. The zero-order valence-corrected chi connectivity index (χ0v) is 20.1. The normalized spacial score (nSPS) is 14.3. The van der Waals surface area contributed by atoms with Gasteiger partial charge in [0, 0.05) is 30.1 Å². The molecule has 1 saturated heterocycles. The molecular formula is C26H24N4O2S2. The SMILES string of the molecule is O=C(Nc1ccccc1)C1CCN(C(=O)CSc2nc(-c3cccs3)nc3ccccc23)CC1. The number of nitrogens with one attached hydrogen (secondary N) is 1. The molecule has 0 radical (unpaired) electrons. The van der Waals surface area contributed by atoms with Crippen LogP contribution in [0.1, 0.15) is 12.8 Å². The van der Waals surface area contributed by atoms with E-state index in [1.165, 1.54) is 11.8 Å². The van der Waals surface area contributed by atoms with Crippen molar-refractivity contribution in [1.29, 1.82) is 0 Å². The van der Waals surface area contributed by atoms with Crippen molar-refractivity contribution in [1.82, 2.24) is 14.9 Å². The van der Waals surface area contributed by atoms with Crippen LogP contribution in [0.3, 0.4) is 0 Å². The minimum atomic E-state index is -0.0731. The molecule has 0 atom stereocenters. The van der Waals surface area contributed by atoms with Gasteiger partial charge in [-0.25, -0.2) is 9.97 Å². The van der Waals surface area contributed by atoms with Crippen molar-refractivity contribution in [2.45, 2.75) is 17.9 Å². The minimum absolute atomic E-state index is 0.0289. The van der Waals surface area contributed by atoms with E-state index in [4.69, 9.17) is 9.97 Å². The number of rotatable bonds is 6. The van der Waals surface area contributed by atoms with Gasteiger partial charge in [-0.1, -0.05) is 54.2 Å². The molecule has 172 valence electrons. The number of thiophene rings is 1. The number of carbonyl (C=O) groups excluding carboxylic acids is 2. The van der Waals surface area contributed by atoms with Crippen LogP contribution in [0.2, 0.25) is 0 Å². The fraction of sp³-hybridized carbons (Fsp3) is 0.231. The van der Waals surface area contributed by atoms with Crippen LogP contribution in [0.5, 0.6) is 0 Å². The monoisotopic (exact) mass is 488 g/mol. The second-order valence-electron chi connectivity index (χ2n) is 8.15. The quantitative estimate of drug-likeness (QED) is 0.293. The number of para-hydroxylation sites is 2. The van der Waals surface area contributed by atoms with E-state index >= 15 is 0 Å². The van der Waals surface area contributed by atoms with Crippen LogP contribution in [-0.2, 0) is 9.59 Å². The van der Waals surface area contributed by atoms with Crippen molar-refractivity contribution in [2.75, 3.05) is 24.2 Å². The number of thioether (sulfide) groups is 1. The molecule has 1 aliphatic heterocycles. The first-order chi connectivity index (χ1) is 16.7. The lowest BCUT2D eigenvalue weighted by atomic mass is 9.96. The molecule has 1 fully saturated rings. The molecule has 6 nitrogen and oxygen atoms in total. The third kappa shape index (κ3) is 5.13. The predicted molar refractivity (Wildman–Crippen MR) is 138 cm³/mol. The maximum absolute atomic E-state index is 13.0. The average Bonchev–Trinajstić information content (AvgIpc) is 3.43. The maximum atomic E-state index is 13.0. The van der Waals surface area contributed by atoms with Gasteiger partial charge in [-0.05, 0) is 42.5 Å². The van der Waals surface area contributed by atoms with Crippen molar-refractivity contribution in [2.24, 2.45) is 5.92 Å². The minimum Gasteiger partial charge on any atom is -0.342 e. The van der Waals surface area contributed by atoms with E-state index in [1.807, 2.05) is 77.0 Å². The third-order valence-corrected chi connectivity index (χ3v) is 7.74. The second-order valence-corrected chi connectivity index (χ2v) is 10.1. The highest BCUT2D eigenvalue weighted by Crippen LogP contribution is 2.30. The van der Waals surface area contributed by atoms with Crippen LogP contribution in [0.15, 0.2) is 77.1 Å². The van der Waals surface area contributed by atoms with Gasteiger partial charge in [-0.3, -0.25) is 9.59 Å². The van der Waals surface area contributed by atoms with Crippen molar-refractivity contribution >= 4 is 51.5 Å². The fourth-order valence-corrected chi connectivity index (χ4v) is 5.63. The van der Waals surface area contributed by atoms with E-state index in [1.54, 1.807) is 11.3 Å². The molecule has 0 spiro atoms. The highest BCUT2D eigenvalue weighted by Gasteiger charge is 2.27. The topological polar surface area (TPSA) is 75.2 Å². The van der Waals surface area contributed by atoms with Gasteiger partial charge in [0.25, 0.3) is 0 Å². The molecule has 0 aliphatic carbocycles. The van der Waals surface area contributed by atoms with Crippen molar-refractivity contribution in [3.05, 3.63) is 72.1 Å². The number of aromatic nitrogens is 2. The molecule has 8 heteroatoms. The van der Waals surface area contributed by atoms with Gasteiger partial charge in [0.2, 0.25) is 11.8 Å². The first-order valence-corrected chi connectivity index (χ1v) is 13.1. The largest absolute Gasteiger partial charge is 0.342 e. The van der Waals surface area contributed by atoms with Crippen LogP contribution in [0.25, 0.3) is 21.6 Å². The van der Waals surface area contributed by atoms with Crippen molar-refractivity contribution in [3.63, 3.8) is 0 Å². The summed E-state index contributed by atoms with van der Waals surface area (Å²) in [4.78, 5) is 37.9. The van der Waals surface area contributed by atoms with E-state index in [0.717, 1.165) is 26.5 Å². The Hall–Kier alpha value is -3.23. The number of fused-ring (bicyclic) bond motifs is 1. The Morgan fingerprint density at radius 2 is 1.74 bits per heavy atom. The average molecular weight is 489 g/mol. The van der Waals surface area contributed by atoms with Gasteiger partial charge in [-0.15, -0.1) is 11.3 Å². The third-order valence-electron chi connectivity index (χ3n) is 5.90. The van der Waals surface area contributed by atoms with E-state index in [9.17, 15) is 9.59 Å². The zero-order valence-electron chi connectivity index (χ0n) is 18.5.